The largest absolute Gasteiger partial charge is 0.479 e. The summed E-state index contributed by atoms with van der Waals surface area (Å²) in [4.78, 5) is 40.5. The van der Waals surface area contributed by atoms with Gasteiger partial charge in [-0.15, -0.1) is 0 Å². The Balaban J connectivity index is 0. The molecule has 0 aromatic heterocycles. The van der Waals surface area contributed by atoms with Gasteiger partial charge in [-0.2, -0.15) is 4.31 Å². The average molecular weight is 284 g/mol. The van der Waals surface area contributed by atoms with E-state index in [0.29, 0.717) is 0 Å². The molecule has 0 saturated carbocycles. The zero-order valence-corrected chi connectivity index (χ0v) is 9.23. The fourth-order valence-electron chi connectivity index (χ4n) is 0.217. The molecule has 13 heteroatoms. The molecule has 7 N–H and O–H groups in total. The Hall–Kier alpha value is -0.350. The van der Waals surface area contributed by atoms with Crippen LogP contribution in [-0.2, 0) is 18.2 Å². The molecule has 0 aromatic rings. The van der Waals surface area contributed by atoms with E-state index in [1.54, 1.807) is 0 Å². The highest BCUT2D eigenvalue weighted by Crippen LogP contribution is 2.53. The monoisotopic (exact) mass is 284 g/mol. The van der Waals surface area contributed by atoms with Crippen LogP contribution in [0.15, 0.2) is 0 Å². The molecule has 0 rings (SSSR count). The van der Waals surface area contributed by atoms with Crippen LogP contribution in [0, 0.1) is 0 Å². The zero-order valence-electron chi connectivity index (χ0n) is 7.44. The first-order valence-electron chi connectivity index (χ1n) is 3.23. The van der Waals surface area contributed by atoms with Gasteiger partial charge in [0.1, 0.15) is 0 Å². The molecule has 0 aliphatic heterocycles. The quantitative estimate of drug-likeness (QED) is 0.271. The third-order valence-electron chi connectivity index (χ3n) is 0.671. The molecule has 0 radical (unpaired) electrons. The minimum Gasteiger partial charge on any atom is -0.479 e. The SMILES string of the molecule is O=C(O)C(O)CO.O=P(O)(O)OP(=O)(O)O. The summed E-state index contributed by atoms with van der Waals surface area (Å²) in [6.45, 7) is -0.727. The van der Waals surface area contributed by atoms with Crippen LogP contribution >= 0.6 is 15.6 Å². The van der Waals surface area contributed by atoms with Crippen molar-refractivity contribution in [3.05, 3.63) is 0 Å². The van der Waals surface area contributed by atoms with E-state index in [4.69, 9.17) is 34.9 Å². The molecule has 0 amide bonds. The Morgan fingerprint density at radius 3 is 1.44 bits per heavy atom. The number of aliphatic carboxylic acids is 1. The van der Waals surface area contributed by atoms with E-state index in [9.17, 15) is 13.9 Å². The maximum absolute atomic E-state index is 9.63. The molecule has 16 heavy (non-hydrogen) atoms. The summed E-state index contributed by atoms with van der Waals surface area (Å²) in [5.41, 5.74) is 0. The summed E-state index contributed by atoms with van der Waals surface area (Å²) in [7, 11) is -10.1. The summed E-state index contributed by atoms with van der Waals surface area (Å²) in [6.07, 6.45) is -1.63. The van der Waals surface area contributed by atoms with Gasteiger partial charge in [0.2, 0.25) is 0 Å². The van der Waals surface area contributed by atoms with E-state index in [1.807, 2.05) is 0 Å². The van der Waals surface area contributed by atoms with Crippen LogP contribution in [0.4, 0.5) is 0 Å². The zero-order chi connectivity index (χ0) is 13.6. The highest BCUT2D eigenvalue weighted by atomic mass is 31.3. The molecule has 1 unspecified atom stereocenters. The number of carbonyl (C=O) groups is 1. The van der Waals surface area contributed by atoms with Gasteiger partial charge in [-0.25, -0.2) is 13.9 Å². The number of carboxylic acid groups (broad SMARTS) is 1. The minimum atomic E-state index is -5.05. The maximum Gasteiger partial charge on any atom is 0.478 e. The third kappa shape index (κ3) is 16.1. The van der Waals surface area contributed by atoms with Gasteiger partial charge in [-0.05, 0) is 0 Å². The van der Waals surface area contributed by atoms with Crippen LogP contribution in [0.25, 0.3) is 0 Å². The normalized spacial score (nSPS) is 13.6. The van der Waals surface area contributed by atoms with E-state index in [-0.39, 0.29) is 0 Å². The predicted octanol–water partition coefficient (Wildman–Crippen LogP) is -2.39. The van der Waals surface area contributed by atoms with E-state index < -0.39 is 34.3 Å². The molecule has 0 heterocycles. The molecule has 0 saturated heterocycles. The lowest BCUT2D eigenvalue weighted by atomic mass is 10.4. The summed E-state index contributed by atoms with van der Waals surface area (Å²) < 4.78 is 22.2. The van der Waals surface area contributed by atoms with Crippen LogP contribution in [0.3, 0.4) is 0 Å². The van der Waals surface area contributed by atoms with Crippen molar-refractivity contribution in [1.29, 1.82) is 0 Å². The Labute approximate surface area is 88.4 Å². The second-order valence-corrected chi connectivity index (χ2v) is 4.71. The lowest BCUT2D eigenvalue weighted by molar-refractivity contribution is -0.148. The first kappa shape index (κ1) is 18.0. The Bertz CT molecular complexity index is 278. The van der Waals surface area contributed by atoms with Gasteiger partial charge in [0.05, 0.1) is 6.61 Å². The van der Waals surface area contributed by atoms with Crippen molar-refractivity contribution in [3.63, 3.8) is 0 Å². The van der Waals surface area contributed by atoms with Gasteiger partial charge in [0.15, 0.2) is 6.10 Å². The summed E-state index contributed by atoms with van der Waals surface area (Å²) in [6, 6.07) is 0. The average Bonchev–Trinajstić information content (AvgIpc) is 1.96. The van der Waals surface area contributed by atoms with Crippen LogP contribution < -0.4 is 0 Å². The molecular weight excluding hydrogens is 274 g/mol. The number of carboxylic acids is 1. The molecular formula is C3H10O11P2. The van der Waals surface area contributed by atoms with Crippen LogP contribution in [-0.4, -0.2) is 53.6 Å². The maximum atomic E-state index is 9.63. The fourth-order valence-corrected chi connectivity index (χ4v) is 1.33. The van der Waals surface area contributed by atoms with Crippen molar-refractivity contribution in [3.8, 4) is 0 Å². The molecule has 11 nitrogen and oxygen atoms in total. The first-order valence-corrected chi connectivity index (χ1v) is 6.29. The van der Waals surface area contributed by atoms with Crippen molar-refractivity contribution in [2.75, 3.05) is 6.61 Å². The highest BCUT2D eigenvalue weighted by molar-refractivity contribution is 7.60. The summed E-state index contributed by atoms with van der Waals surface area (Å²) in [5.74, 6) is -1.40. The molecule has 98 valence electrons. The fraction of sp³-hybridized carbons (Fsp3) is 0.667. The van der Waals surface area contributed by atoms with Crippen molar-refractivity contribution >= 4 is 21.6 Å². The minimum absolute atomic E-state index is 0.727. The molecule has 0 aliphatic carbocycles. The van der Waals surface area contributed by atoms with Gasteiger partial charge in [-0.1, -0.05) is 0 Å². The van der Waals surface area contributed by atoms with E-state index in [1.165, 1.54) is 0 Å². The van der Waals surface area contributed by atoms with Crippen molar-refractivity contribution in [1.82, 2.24) is 0 Å². The first-order chi connectivity index (χ1) is 6.89. The van der Waals surface area contributed by atoms with Crippen molar-refractivity contribution < 1.29 is 53.1 Å². The van der Waals surface area contributed by atoms with Gasteiger partial charge in [-0.3, -0.25) is 0 Å². The number of aliphatic hydroxyl groups excluding tert-OH is 2. The summed E-state index contributed by atoms with van der Waals surface area (Å²) in [5, 5.41) is 23.7. The standard InChI is InChI=1S/C3H6O4.H4O7P2/c4-1-2(5)3(6)7;1-8(2,3)7-9(4,5)6/h2,4-5H,1H2,(H,6,7);(H2,1,2,3)(H2,4,5,6). The van der Waals surface area contributed by atoms with Crippen molar-refractivity contribution in [2.24, 2.45) is 0 Å². The number of rotatable bonds is 4. The second kappa shape index (κ2) is 7.07. The molecule has 0 aromatic carbocycles. The van der Waals surface area contributed by atoms with Gasteiger partial charge < -0.3 is 34.9 Å². The van der Waals surface area contributed by atoms with E-state index >= 15 is 0 Å². The van der Waals surface area contributed by atoms with E-state index in [0.717, 1.165) is 0 Å². The third-order valence-corrected chi connectivity index (χ3v) is 2.37. The van der Waals surface area contributed by atoms with Gasteiger partial charge in [0.25, 0.3) is 0 Å². The number of aliphatic hydroxyl groups is 2. The Kier molecular flexibility index (Phi) is 7.96. The lowest BCUT2D eigenvalue weighted by Gasteiger charge is -2.03. The Morgan fingerprint density at radius 2 is 1.44 bits per heavy atom. The lowest BCUT2D eigenvalue weighted by Crippen LogP contribution is -2.22. The van der Waals surface area contributed by atoms with Crippen LogP contribution in [0.1, 0.15) is 0 Å². The molecule has 0 spiro atoms. The smallest absolute Gasteiger partial charge is 0.478 e. The topological polar surface area (TPSA) is 202 Å². The van der Waals surface area contributed by atoms with Crippen LogP contribution in [0.2, 0.25) is 0 Å². The highest BCUT2D eigenvalue weighted by Gasteiger charge is 2.27. The molecule has 0 fully saturated rings. The number of hydrogen-bond acceptors (Lipinski definition) is 6. The summed E-state index contributed by atoms with van der Waals surface area (Å²) >= 11 is 0. The Morgan fingerprint density at radius 1 is 1.12 bits per heavy atom. The second-order valence-electron chi connectivity index (χ2n) is 2.10. The number of hydrogen-bond donors (Lipinski definition) is 7. The molecule has 0 aliphatic rings. The molecule has 0 bridgehead atoms. The number of phosphoric acid groups is 2. The van der Waals surface area contributed by atoms with E-state index in [2.05, 4.69) is 4.31 Å². The van der Waals surface area contributed by atoms with Crippen molar-refractivity contribution in [2.45, 2.75) is 6.10 Å². The predicted molar refractivity (Wildman–Crippen MR) is 45.9 cm³/mol. The molecule has 1 atom stereocenters. The van der Waals surface area contributed by atoms with Gasteiger partial charge in [0, 0.05) is 0 Å². The van der Waals surface area contributed by atoms with Gasteiger partial charge >= 0.3 is 21.6 Å². The van der Waals surface area contributed by atoms with Crippen LogP contribution in [0.5, 0.6) is 0 Å².